The topological polar surface area (TPSA) is 98.5 Å². The van der Waals surface area contributed by atoms with Gasteiger partial charge in [0.25, 0.3) is 5.91 Å². The van der Waals surface area contributed by atoms with Crippen LogP contribution in [0.4, 0.5) is 4.39 Å². The quantitative estimate of drug-likeness (QED) is 0.367. The number of nitrogens with one attached hydrogen (secondary N) is 3. The van der Waals surface area contributed by atoms with Gasteiger partial charge in [-0.3, -0.25) is 4.79 Å². The Bertz CT molecular complexity index is 992. The van der Waals surface area contributed by atoms with E-state index in [4.69, 9.17) is 10.00 Å². The predicted molar refractivity (Wildman–Crippen MR) is 121 cm³/mol. The second-order valence-corrected chi connectivity index (χ2v) is 7.90. The second kappa shape index (κ2) is 10.6. The summed E-state index contributed by atoms with van der Waals surface area (Å²) in [7, 11) is 3.25. The van der Waals surface area contributed by atoms with E-state index in [9.17, 15) is 9.18 Å². The smallest absolute Gasteiger partial charge is 0.255 e. The summed E-state index contributed by atoms with van der Waals surface area (Å²) in [5.41, 5.74) is 1.15. The third-order valence-corrected chi connectivity index (χ3v) is 6.08. The van der Waals surface area contributed by atoms with Gasteiger partial charge in [-0.05, 0) is 55.5 Å². The molecule has 1 aliphatic rings. The third-order valence-electron chi connectivity index (χ3n) is 6.08. The molecule has 0 radical (unpaired) electrons. The van der Waals surface area contributed by atoms with Crippen LogP contribution in [0, 0.1) is 17.3 Å². The zero-order chi connectivity index (χ0) is 23.0. The van der Waals surface area contributed by atoms with E-state index >= 15 is 0 Å². The standard InChI is InChI=1S/C24H28FN5O2/c1-27-23(29-16-26)30-19-11-13-24(14-12-19,17-7-9-18(25)10-8-17)15-28-22(31)20-5-3-4-6-21(20)32-2/h3-10,19H,11-15H2,1-2H3,(H,28,31)(H2,27,29,30)/t19-,24+. The summed E-state index contributed by atoms with van der Waals surface area (Å²) in [5.74, 6) is 0.466. The lowest BCUT2D eigenvalue weighted by molar-refractivity contribution is 0.0932. The molecule has 0 spiro atoms. The molecule has 0 aliphatic heterocycles. The third kappa shape index (κ3) is 5.35. The minimum absolute atomic E-state index is 0.146. The van der Waals surface area contributed by atoms with Gasteiger partial charge in [0.05, 0.1) is 12.7 Å². The number of guanidine groups is 1. The van der Waals surface area contributed by atoms with Gasteiger partial charge in [0.1, 0.15) is 11.6 Å². The Hall–Kier alpha value is -3.60. The molecule has 168 valence electrons. The monoisotopic (exact) mass is 437 g/mol. The molecule has 0 atom stereocenters. The first-order valence-corrected chi connectivity index (χ1v) is 10.6. The molecular formula is C24H28FN5O2. The highest BCUT2D eigenvalue weighted by molar-refractivity contribution is 5.97. The van der Waals surface area contributed by atoms with Gasteiger partial charge in [-0.1, -0.05) is 24.3 Å². The van der Waals surface area contributed by atoms with Gasteiger partial charge < -0.3 is 20.7 Å². The number of nitrogens with zero attached hydrogens (tertiary/aromatic N) is 2. The summed E-state index contributed by atoms with van der Waals surface area (Å²) in [6, 6.07) is 13.8. The molecule has 3 N–H and O–H groups in total. The Morgan fingerprint density at radius 2 is 1.91 bits per heavy atom. The maximum atomic E-state index is 13.6. The average Bonchev–Trinajstić information content (AvgIpc) is 2.83. The average molecular weight is 438 g/mol. The minimum Gasteiger partial charge on any atom is -0.496 e. The van der Waals surface area contributed by atoms with Crippen molar-refractivity contribution in [3.8, 4) is 11.9 Å². The summed E-state index contributed by atoms with van der Waals surface area (Å²) in [4.78, 5) is 16.6. The van der Waals surface area contributed by atoms with Crippen molar-refractivity contribution < 1.29 is 13.9 Å². The number of halogens is 1. The van der Waals surface area contributed by atoms with Crippen molar-refractivity contribution in [2.75, 3.05) is 20.7 Å². The van der Waals surface area contributed by atoms with E-state index in [1.165, 1.54) is 19.2 Å². The fourth-order valence-electron chi connectivity index (χ4n) is 4.27. The van der Waals surface area contributed by atoms with Crippen LogP contribution < -0.4 is 20.7 Å². The van der Waals surface area contributed by atoms with Crippen LogP contribution in [0.2, 0.25) is 0 Å². The normalized spacial score (nSPS) is 20.7. The van der Waals surface area contributed by atoms with Gasteiger partial charge >= 0.3 is 0 Å². The van der Waals surface area contributed by atoms with Crippen molar-refractivity contribution in [3.63, 3.8) is 0 Å². The van der Waals surface area contributed by atoms with E-state index in [0.29, 0.717) is 23.8 Å². The fourth-order valence-corrected chi connectivity index (χ4v) is 4.27. The molecule has 0 unspecified atom stereocenters. The van der Waals surface area contributed by atoms with Crippen molar-refractivity contribution in [1.82, 2.24) is 16.0 Å². The summed E-state index contributed by atoms with van der Waals surface area (Å²) in [5, 5.41) is 18.0. The summed E-state index contributed by atoms with van der Waals surface area (Å²) >= 11 is 0. The highest BCUT2D eigenvalue weighted by atomic mass is 19.1. The van der Waals surface area contributed by atoms with Crippen molar-refractivity contribution >= 4 is 11.9 Å². The number of hydrogen-bond donors (Lipinski definition) is 3. The lowest BCUT2D eigenvalue weighted by atomic mass is 9.68. The van der Waals surface area contributed by atoms with Crippen LogP contribution in [-0.2, 0) is 5.41 Å². The van der Waals surface area contributed by atoms with Gasteiger partial charge in [0, 0.05) is 25.0 Å². The highest BCUT2D eigenvalue weighted by Crippen LogP contribution is 2.39. The van der Waals surface area contributed by atoms with E-state index in [1.807, 2.05) is 6.07 Å². The molecule has 2 aromatic rings. The van der Waals surface area contributed by atoms with Gasteiger partial charge in [0.2, 0.25) is 12.2 Å². The lowest BCUT2D eigenvalue weighted by Crippen LogP contribution is -2.49. The van der Waals surface area contributed by atoms with Crippen LogP contribution in [0.15, 0.2) is 53.5 Å². The second-order valence-electron chi connectivity index (χ2n) is 7.90. The molecule has 1 fully saturated rings. The summed E-state index contributed by atoms with van der Waals surface area (Å²) < 4.78 is 18.9. The summed E-state index contributed by atoms with van der Waals surface area (Å²) in [6.45, 7) is 0.424. The Labute approximate surface area is 187 Å². The van der Waals surface area contributed by atoms with Crippen LogP contribution in [0.25, 0.3) is 0 Å². The number of carbonyl (C=O) groups is 1. The van der Waals surface area contributed by atoms with Crippen LogP contribution in [-0.4, -0.2) is 38.6 Å². The molecule has 0 heterocycles. The Kier molecular flexibility index (Phi) is 7.66. The molecule has 8 heteroatoms. The van der Waals surface area contributed by atoms with Crippen molar-refractivity contribution in [3.05, 3.63) is 65.5 Å². The number of ether oxygens (including phenoxy) is 1. The first-order valence-electron chi connectivity index (χ1n) is 10.6. The number of rotatable bonds is 6. The maximum Gasteiger partial charge on any atom is 0.255 e. The van der Waals surface area contributed by atoms with E-state index in [0.717, 1.165) is 31.2 Å². The predicted octanol–water partition coefficient (Wildman–Crippen LogP) is 3.09. The molecule has 0 saturated heterocycles. The molecule has 32 heavy (non-hydrogen) atoms. The van der Waals surface area contributed by atoms with E-state index in [-0.39, 0.29) is 23.2 Å². The molecule has 1 saturated carbocycles. The van der Waals surface area contributed by atoms with Gasteiger partial charge in [0.15, 0.2) is 0 Å². The van der Waals surface area contributed by atoms with Gasteiger partial charge in [-0.2, -0.15) is 5.26 Å². The number of carbonyl (C=O) groups excluding carboxylic acids is 1. The Balaban J connectivity index is 1.76. The molecule has 2 aromatic carbocycles. The van der Waals surface area contributed by atoms with Crippen LogP contribution in [0.5, 0.6) is 5.75 Å². The van der Waals surface area contributed by atoms with Gasteiger partial charge in [-0.15, -0.1) is 4.99 Å². The Morgan fingerprint density at radius 1 is 1.22 bits per heavy atom. The number of methoxy groups -OCH3 is 1. The molecule has 1 aliphatic carbocycles. The molecule has 0 aromatic heterocycles. The van der Waals surface area contributed by atoms with Crippen molar-refractivity contribution in [2.45, 2.75) is 37.1 Å². The number of nitriles is 1. The van der Waals surface area contributed by atoms with E-state index in [1.54, 1.807) is 43.6 Å². The number of benzene rings is 2. The fraction of sp³-hybridized carbons (Fsp3) is 0.375. The SMILES string of the molecule is CN/C(=N\C#N)N[C@H]1CC[C@@](CNC(=O)c2ccccc2OC)(c2ccc(F)cc2)CC1. The van der Waals surface area contributed by atoms with Crippen LogP contribution in [0.3, 0.4) is 0 Å². The van der Waals surface area contributed by atoms with Crippen LogP contribution >= 0.6 is 0 Å². The minimum atomic E-state index is -0.324. The maximum absolute atomic E-state index is 13.6. The number of amides is 1. The summed E-state index contributed by atoms with van der Waals surface area (Å²) in [6.07, 6.45) is 4.98. The van der Waals surface area contributed by atoms with Crippen molar-refractivity contribution in [2.24, 2.45) is 4.99 Å². The first kappa shape index (κ1) is 23.1. The largest absolute Gasteiger partial charge is 0.496 e. The lowest BCUT2D eigenvalue weighted by Gasteiger charge is -2.41. The molecule has 1 amide bonds. The number of hydrogen-bond acceptors (Lipinski definition) is 4. The van der Waals surface area contributed by atoms with E-state index < -0.39 is 0 Å². The zero-order valence-corrected chi connectivity index (χ0v) is 18.3. The van der Waals surface area contributed by atoms with E-state index in [2.05, 4.69) is 20.9 Å². The molecule has 3 rings (SSSR count). The van der Waals surface area contributed by atoms with Crippen LogP contribution in [0.1, 0.15) is 41.6 Å². The Morgan fingerprint density at radius 3 is 2.53 bits per heavy atom. The highest BCUT2D eigenvalue weighted by Gasteiger charge is 2.37. The number of para-hydroxylation sites is 1. The molecule has 7 nitrogen and oxygen atoms in total. The van der Waals surface area contributed by atoms with Crippen molar-refractivity contribution in [1.29, 1.82) is 5.26 Å². The first-order chi connectivity index (χ1) is 15.5. The molecule has 0 bridgehead atoms. The zero-order valence-electron chi connectivity index (χ0n) is 18.3. The van der Waals surface area contributed by atoms with Gasteiger partial charge in [-0.25, -0.2) is 4.39 Å². The molecular weight excluding hydrogens is 409 g/mol. The number of aliphatic imine (C=N–C) groups is 1.